The largest absolute Gasteiger partial charge is 0.458 e. The number of ether oxygens (including phenoxy) is 2. The predicted octanol–water partition coefficient (Wildman–Crippen LogP) is 2.14. The van der Waals surface area contributed by atoms with E-state index in [9.17, 15) is 4.79 Å². The third kappa shape index (κ3) is 4.09. The van der Waals surface area contributed by atoms with E-state index in [-0.39, 0.29) is 18.7 Å². The van der Waals surface area contributed by atoms with Gasteiger partial charge < -0.3 is 9.47 Å². The van der Waals surface area contributed by atoms with Crippen LogP contribution in [0.5, 0.6) is 0 Å². The van der Waals surface area contributed by atoms with Gasteiger partial charge in [-0.15, -0.1) is 0 Å². The lowest BCUT2D eigenvalue weighted by Crippen LogP contribution is -2.33. The van der Waals surface area contributed by atoms with Crippen molar-refractivity contribution in [2.24, 2.45) is 5.92 Å². The van der Waals surface area contributed by atoms with Crippen LogP contribution in [0.3, 0.4) is 0 Å². The van der Waals surface area contributed by atoms with Gasteiger partial charge in [-0.2, -0.15) is 0 Å². The van der Waals surface area contributed by atoms with Gasteiger partial charge in [-0.25, -0.2) is 4.79 Å². The van der Waals surface area contributed by atoms with Crippen molar-refractivity contribution in [1.29, 1.82) is 0 Å². The summed E-state index contributed by atoms with van der Waals surface area (Å²) in [6, 6.07) is 0. The minimum atomic E-state index is -0.409. The molecule has 82 valence electrons. The Morgan fingerprint density at radius 1 is 1.36 bits per heavy atom. The lowest BCUT2D eigenvalue weighted by Gasteiger charge is -2.32. The molecule has 0 N–H and O–H groups in total. The highest BCUT2D eigenvalue weighted by Gasteiger charge is 2.27. The summed E-state index contributed by atoms with van der Waals surface area (Å²) in [6.45, 7) is 7.85. The van der Waals surface area contributed by atoms with E-state index in [2.05, 4.69) is 6.92 Å². The van der Waals surface area contributed by atoms with Crippen molar-refractivity contribution in [2.75, 3.05) is 6.61 Å². The van der Waals surface area contributed by atoms with Crippen LogP contribution in [0, 0.1) is 5.92 Å². The second kappa shape index (κ2) is 4.30. The Labute approximate surface area is 85.8 Å². The summed E-state index contributed by atoms with van der Waals surface area (Å²) in [4.78, 5) is 11.2. The van der Waals surface area contributed by atoms with Crippen LogP contribution < -0.4 is 0 Å². The minimum Gasteiger partial charge on any atom is -0.458 e. The summed E-state index contributed by atoms with van der Waals surface area (Å²) in [5, 5.41) is 0. The van der Waals surface area contributed by atoms with Gasteiger partial charge in [-0.3, -0.25) is 0 Å². The van der Waals surface area contributed by atoms with Crippen LogP contribution in [0.2, 0.25) is 0 Å². The van der Waals surface area contributed by atoms with E-state index in [0.717, 1.165) is 18.8 Å². The average Bonchev–Trinajstić information content (AvgIpc) is 1.92. The lowest BCUT2D eigenvalue weighted by atomic mass is 9.84. The molecule has 0 atom stereocenters. The van der Waals surface area contributed by atoms with Crippen LogP contribution >= 0.6 is 0 Å². The van der Waals surface area contributed by atoms with Crippen LogP contribution in [0.25, 0.3) is 0 Å². The number of rotatable bonds is 3. The second-order valence-corrected chi connectivity index (χ2v) is 5.10. The smallest absolute Gasteiger partial charge is 0.332 e. The number of hydrogen-bond acceptors (Lipinski definition) is 3. The van der Waals surface area contributed by atoms with Crippen LogP contribution in [0.1, 0.15) is 40.5 Å². The van der Waals surface area contributed by atoms with Gasteiger partial charge in [0.15, 0.2) is 0 Å². The van der Waals surface area contributed by atoms with Crippen molar-refractivity contribution in [3.05, 3.63) is 0 Å². The molecule has 0 aromatic heterocycles. The predicted molar refractivity (Wildman–Crippen MR) is 54.0 cm³/mol. The van der Waals surface area contributed by atoms with E-state index in [4.69, 9.17) is 9.47 Å². The van der Waals surface area contributed by atoms with Gasteiger partial charge in [0.05, 0.1) is 6.10 Å². The molecule has 3 heteroatoms. The fourth-order valence-electron chi connectivity index (χ4n) is 1.52. The standard InChI is InChI=1S/C11H20O3/c1-8-5-9(6-8)13-7-10(12)14-11(2,3)4/h8-9H,5-7H2,1-4H3/t8-,9+. The minimum absolute atomic E-state index is 0.0919. The van der Waals surface area contributed by atoms with Gasteiger partial charge in [0.1, 0.15) is 12.2 Å². The molecule has 0 aliphatic heterocycles. The Hall–Kier alpha value is -0.570. The zero-order valence-electron chi connectivity index (χ0n) is 9.50. The monoisotopic (exact) mass is 200 g/mol. The van der Waals surface area contributed by atoms with Crippen LogP contribution in [-0.4, -0.2) is 24.3 Å². The Balaban J connectivity index is 2.10. The molecule has 0 amide bonds. The first kappa shape index (κ1) is 11.5. The van der Waals surface area contributed by atoms with Gasteiger partial charge in [-0.1, -0.05) is 6.92 Å². The molecule has 0 aromatic rings. The molecular formula is C11H20O3. The zero-order valence-corrected chi connectivity index (χ0v) is 9.50. The highest BCUT2D eigenvalue weighted by atomic mass is 16.6. The summed E-state index contributed by atoms with van der Waals surface area (Å²) in [6.07, 6.45) is 2.42. The first-order valence-electron chi connectivity index (χ1n) is 5.20. The Morgan fingerprint density at radius 3 is 2.36 bits per heavy atom. The van der Waals surface area contributed by atoms with Crippen molar-refractivity contribution < 1.29 is 14.3 Å². The molecule has 1 saturated carbocycles. The third-order valence-corrected chi connectivity index (χ3v) is 2.19. The van der Waals surface area contributed by atoms with Crippen molar-refractivity contribution in [3.63, 3.8) is 0 Å². The Bertz CT molecular complexity index is 199. The number of carbonyl (C=O) groups is 1. The normalized spacial score (nSPS) is 26.9. The topological polar surface area (TPSA) is 35.5 Å². The van der Waals surface area contributed by atoms with Crippen LogP contribution in [0.15, 0.2) is 0 Å². The summed E-state index contributed by atoms with van der Waals surface area (Å²) in [5.74, 6) is 0.482. The zero-order chi connectivity index (χ0) is 10.8. The van der Waals surface area contributed by atoms with E-state index in [0.29, 0.717) is 0 Å². The van der Waals surface area contributed by atoms with Crippen LogP contribution in [0.4, 0.5) is 0 Å². The van der Waals surface area contributed by atoms with Gasteiger partial charge in [0.25, 0.3) is 0 Å². The Kier molecular flexibility index (Phi) is 3.53. The molecule has 1 aliphatic carbocycles. The van der Waals surface area contributed by atoms with E-state index in [1.165, 1.54) is 0 Å². The molecule has 0 radical (unpaired) electrons. The maximum atomic E-state index is 11.2. The molecule has 1 fully saturated rings. The molecule has 14 heavy (non-hydrogen) atoms. The molecule has 1 rings (SSSR count). The molecule has 0 bridgehead atoms. The second-order valence-electron chi connectivity index (χ2n) is 5.10. The van der Waals surface area contributed by atoms with E-state index in [1.54, 1.807) is 0 Å². The summed E-state index contributed by atoms with van der Waals surface area (Å²) in [5.41, 5.74) is -0.409. The SMILES string of the molecule is CC(C)(C)OC(=O)CO[C@H]1C[C@@H](C)C1. The molecule has 0 unspecified atom stereocenters. The molecule has 0 aromatic carbocycles. The van der Waals surface area contributed by atoms with Gasteiger partial charge >= 0.3 is 5.97 Å². The molecule has 3 nitrogen and oxygen atoms in total. The molecule has 0 heterocycles. The summed E-state index contributed by atoms with van der Waals surface area (Å²) < 4.78 is 10.5. The van der Waals surface area contributed by atoms with E-state index >= 15 is 0 Å². The molecule has 1 aliphatic rings. The molecule has 0 saturated heterocycles. The van der Waals surface area contributed by atoms with Gasteiger partial charge in [0, 0.05) is 0 Å². The number of hydrogen-bond donors (Lipinski definition) is 0. The van der Waals surface area contributed by atoms with Gasteiger partial charge in [-0.05, 0) is 39.5 Å². The number of carbonyl (C=O) groups excluding carboxylic acids is 1. The van der Waals surface area contributed by atoms with Crippen molar-refractivity contribution in [2.45, 2.75) is 52.2 Å². The highest BCUT2D eigenvalue weighted by molar-refractivity contribution is 5.71. The highest BCUT2D eigenvalue weighted by Crippen LogP contribution is 2.29. The fraction of sp³-hybridized carbons (Fsp3) is 0.909. The first-order valence-corrected chi connectivity index (χ1v) is 5.20. The average molecular weight is 200 g/mol. The fourth-order valence-corrected chi connectivity index (χ4v) is 1.52. The summed E-state index contributed by atoms with van der Waals surface area (Å²) in [7, 11) is 0. The molecular weight excluding hydrogens is 180 g/mol. The van der Waals surface area contributed by atoms with Crippen LogP contribution in [-0.2, 0) is 14.3 Å². The van der Waals surface area contributed by atoms with E-state index < -0.39 is 5.60 Å². The maximum Gasteiger partial charge on any atom is 0.332 e. The maximum absolute atomic E-state index is 11.2. The van der Waals surface area contributed by atoms with Crippen molar-refractivity contribution in [3.8, 4) is 0 Å². The third-order valence-electron chi connectivity index (χ3n) is 2.19. The lowest BCUT2D eigenvalue weighted by molar-refractivity contribution is -0.164. The van der Waals surface area contributed by atoms with Gasteiger partial charge in [0.2, 0.25) is 0 Å². The van der Waals surface area contributed by atoms with E-state index in [1.807, 2.05) is 20.8 Å². The summed E-state index contributed by atoms with van der Waals surface area (Å²) >= 11 is 0. The van der Waals surface area contributed by atoms with Crippen molar-refractivity contribution in [1.82, 2.24) is 0 Å². The Morgan fingerprint density at radius 2 is 1.93 bits per heavy atom. The van der Waals surface area contributed by atoms with Crippen molar-refractivity contribution >= 4 is 5.97 Å². The quantitative estimate of drug-likeness (QED) is 0.655. The first-order chi connectivity index (χ1) is 6.37. The molecule has 0 spiro atoms. The number of esters is 1.